The first-order chi connectivity index (χ1) is 15.4. The molecule has 1 fully saturated rings. The van der Waals surface area contributed by atoms with Crippen LogP contribution in [0, 0.1) is 5.82 Å². The van der Waals surface area contributed by atoms with Gasteiger partial charge in [0.1, 0.15) is 18.0 Å². The zero-order valence-electron chi connectivity index (χ0n) is 18.2. The third-order valence-electron chi connectivity index (χ3n) is 5.71. The highest BCUT2D eigenvalue weighted by Crippen LogP contribution is 2.30. The van der Waals surface area contributed by atoms with E-state index in [0.717, 1.165) is 34.1 Å². The van der Waals surface area contributed by atoms with Crippen molar-refractivity contribution in [2.45, 2.75) is 4.90 Å². The van der Waals surface area contributed by atoms with Crippen LogP contribution in [0.5, 0.6) is 0 Å². The SMILES string of the molecule is CS(=O)(=O)c1ccc(F)c(N2CCN(c3ncnc4ccc(-c5cn[nH]c5)cc34)CC2)c1.Cl.Cl. The summed E-state index contributed by atoms with van der Waals surface area (Å²) in [5, 5.41) is 7.78. The molecule has 0 saturated carbocycles. The van der Waals surface area contributed by atoms with E-state index in [0.29, 0.717) is 31.9 Å². The predicted octanol–water partition coefficient (Wildman–Crippen LogP) is 3.73. The summed E-state index contributed by atoms with van der Waals surface area (Å²) in [6, 6.07) is 9.95. The highest BCUT2D eigenvalue weighted by molar-refractivity contribution is 7.90. The van der Waals surface area contributed by atoms with Gasteiger partial charge in [0, 0.05) is 49.6 Å². The number of fused-ring (bicyclic) bond motifs is 1. The summed E-state index contributed by atoms with van der Waals surface area (Å²) in [6.07, 6.45) is 6.28. The van der Waals surface area contributed by atoms with E-state index in [4.69, 9.17) is 0 Å². The van der Waals surface area contributed by atoms with Gasteiger partial charge in [0.2, 0.25) is 0 Å². The van der Waals surface area contributed by atoms with Crippen LogP contribution in [-0.2, 0) is 9.84 Å². The number of aromatic nitrogens is 4. The molecular weight excluding hydrogens is 502 g/mol. The summed E-state index contributed by atoms with van der Waals surface area (Å²) in [6.45, 7) is 2.31. The van der Waals surface area contributed by atoms with Crippen LogP contribution in [-0.4, -0.2) is 61.0 Å². The second-order valence-electron chi connectivity index (χ2n) is 7.78. The maximum absolute atomic E-state index is 14.5. The van der Waals surface area contributed by atoms with E-state index in [2.05, 4.69) is 31.1 Å². The van der Waals surface area contributed by atoms with Gasteiger partial charge in [-0.15, -0.1) is 24.8 Å². The largest absolute Gasteiger partial charge is 0.366 e. The molecule has 0 amide bonds. The molecule has 0 bridgehead atoms. The maximum Gasteiger partial charge on any atom is 0.175 e. The molecule has 1 aliphatic rings. The number of nitrogens with one attached hydrogen (secondary N) is 1. The molecule has 5 rings (SSSR count). The molecule has 4 aromatic rings. The van der Waals surface area contributed by atoms with Crippen molar-refractivity contribution in [2.75, 3.05) is 42.2 Å². The van der Waals surface area contributed by atoms with E-state index < -0.39 is 15.7 Å². The van der Waals surface area contributed by atoms with Gasteiger partial charge < -0.3 is 9.80 Å². The molecule has 0 radical (unpaired) electrons. The number of benzene rings is 2. The minimum Gasteiger partial charge on any atom is -0.366 e. The second-order valence-corrected chi connectivity index (χ2v) is 9.79. The summed E-state index contributed by atoms with van der Waals surface area (Å²) in [5.41, 5.74) is 3.15. The molecule has 0 spiro atoms. The molecule has 2 aromatic carbocycles. The number of nitrogens with zero attached hydrogens (tertiary/aromatic N) is 5. The Hall–Kier alpha value is -2.95. The molecule has 2 aromatic heterocycles. The lowest BCUT2D eigenvalue weighted by Crippen LogP contribution is -2.47. The molecule has 0 aliphatic carbocycles. The zero-order valence-corrected chi connectivity index (χ0v) is 20.6. The highest BCUT2D eigenvalue weighted by atomic mass is 35.5. The number of halogens is 3. The van der Waals surface area contributed by atoms with Gasteiger partial charge in [-0.1, -0.05) is 6.07 Å². The van der Waals surface area contributed by atoms with Crippen LogP contribution in [0.3, 0.4) is 0 Å². The average Bonchev–Trinajstić information content (AvgIpc) is 3.33. The first-order valence-electron chi connectivity index (χ1n) is 10.1. The van der Waals surface area contributed by atoms with Crippen molar-refractivity contribution in [1.29, 1.82) is 0 Å². The average molecular weight is 525 g/mol. The van der Waals surface area contributed by atoms with Crippen molar-refractivity contribution in [1.82, 2.24) is 20.2 Å². The quantitative estimate of drug-likeness (QED) is 0.406. The normalized spacial score (nSPS) is 13.9. The lowest BCUT2D eigenvalue weighted by atomic mass is 10.1. The standard InChI is InChI=1S/C22H21FN6O2S.2ClH/c1-32(30,31)17-3-4-19(23)21(11-17)28-6-8-29(9-7-28)22-18-10-15(16-12-26-27-13-16)2-5-20(18)24-14-25-22;;/h2-5,10-14H,6-9H2,1H3,(H,26,27);2*1H. The molecular formula is C22H23Cl2FN6O2S. The summed E-state index contributed by atoms with van der Waals surface area (Å²) in [7, 11) is -3.41. The number of sulfone groups is 1. The number of hydrogen-bond acceptors (Lipinski definition) is 7. The summed E-state index contributed by atoms with van der Waals surface area (Å²) < 4.78 is 38.2. The summed E-state index contributed by atoms with van der Waals surface area (Å²) in [4.78, 5) is 13.1. The van der Waals surface area contributed by atoms with Gasteiger partial charge in [0.05, 0.1) is 22.3 Å². The van der Waals surface area contributed by atoms with Crippen molar-refractivity contribution in [2.24, 2.45) is 0 Å². The number of piperazine rings is 1. The van der Waals surface area contributed by atoms with Crippen LogP contribution in [0.25, 0.3) is 22.0 Å². The molecule has 1 aliphatic heterocycles. The van der Waals surface area contributed by atoms with Gasteiger partial charge in [0.15, 0.2) is 9.84 Å². The van der Waals surface area contributed by atoms with Gasteiger partial charge in [-0.2, -0.15) is 5.10 Å². The molecule has 1 saturated heterocycles. The smallest absolute Gasteiger partial charge is 0.175 e. The Labute approximate surface area is 208 Å². The van der Waals surface area contributed by atoms with Gasteiger partial charge in [-0.25, -0.2) is 22.8 Å². The van der Waals surface area contributed by atoms with Gasteiger partial charge >= 0.3 is 0 Å². The number of hydrogen-bond donors (Lipinski definition) is 1. The first kappa shape index (κ1) is 25.7. The molecule has 1 N–H and O–H groups in total. The fourth-order valence-corrected chi connectivity index (χ4v) is 4.65. The van der Waals surface area contributed by atoms with Crippen molar-refractivity contribution in [3.8, 4) is 11.1 Å². The van der Waals surface area contributed by atoms with Crippen molar-refractivity contribution in [3.05, 3.63) is 60.9 Å². The van der Waals surface area contributed by atoms with Crippen LogP contribution in [0.1, 0.15) is 0 Å². The Morgan fingerprint density at radius 2 is 1.68 bits per heavy atom. The van der Waals surface area contributed by atoms with Crippen LogP contribution in [0.4, 0.5) is 15.9 Å². The number of rotatable bonds is 4. The number of H-pyrrole nitrogens is 1. The number of anilines is 2. The molecule has 8 nitrogen and oxygen atoms in total. The van der Waals surface area contributed by atoms with Crippen molar-refractivity contribution in [3.63, 3.8) is 0 Å². The zero-order chi connectivity index (χ0) is 22.3. The van der Waals surface area contributed by atoms with Crippen LogP contribution < -0.4 is 9.80 Å². The van der Waals surface area contributed by atoms with Gasteiger partial charge in [0.25, 0.3) is 0 Å². The van der Waals surface area contributed by atoms with Gasteiger partial charge in [-0.3, -0.25) is 5.10 Å². The fourth-order valence-electron chi connectivity index (χ4n) is 4.01. The third-order valence-corrected chi connectivity index (χ3v) is 6.82. The second kappa shape index (κ2) is 10.1. The highest BCUT2D eigenvalue weighted by Gasteiger charge is 2.23. The summed E-state index contributed by atoms with van der Waals surface area (Å²) in [5.74, 6) is 0.397. The third kappa shape index (κ3) is 4.94. The molecule has 180 valence electrons. The molecule has 3 heterocycles. The lowest BCUT2D eigenvalue weighted by Gasteiger charge is -2.37. The topological polar surface area (TPSA) is 95.1 Å². The minimum absolute atomic E-state index is 0. The van der Waals surface area contributed by atoms with Crippen molar-refractivity contribution >= 4 is 57.1 Å². The molecule has 12 heteroatoms. The van der Waals surface area contributed by atoms with Crippen LogP contribution in [0.2, 0.25) is 0 Å². The Morgan fingerprint density at radius 1 is 0.941 bits per heavy atom. The Morgan fingerprint density at radius 3 is 2.35 bits per heavy atom. The number of aromatic amines is 1. The fraction of sp³-hybridized carbons (Fsp3) is 0.227. The van der Waals surface area contributed by atoms with E-state index >= 15 is 0 Å². The van der Waals surface area contributed by atoms with E-state index in [1.807, 2.05) is 23.2 Å². The Bertz CT molecular complexity index is 1390. The van der Waals surface area contributed by atoms with E-state index in [-0.39, 0.29) is 29.7 Å². The Kier molecular flexibility index (Phi) is 7.64. The lowest BCUT2D eigenvalue weighted by molar-refractivity contribution is 0.591. The van der Waals surface area contributed by atoms with Crippen molar-refractivity contribution < 1.29 is 12.8 Å². The maximum atomic E-state index is 14.5. The molecule has 34 heavy (non-hydrogen) atoms. The summed E-state index contributed by atoms with van der Waals surface area (Å²) >= 11 is 0. The minimum atomic E-state index is -3.41. The van der Waals surface area contributed by atoms with Crippen LogP contribution >= 0.6 is 24.8 Å². The van der Waals surface area contributed by atoms with E-state index in [9.17, 15) is 12.8 Å². The molecule has 0 atom stereocenters. The predicted molar refractivity (Wildman–Crippen MR) is 136 cm³/mol. The Balaban J connectivity index is 0.00000162. The van der Waals surface area contributed by atoms with Gasteiger partial charge in [-0.05, 0) is 35.9 Å². The first-order valence-corrected chi connectivity index (χ1v) is 12.0. The van der Waals surface area contributed by atoms with E-state index in [1.54, 1.807) is 12.5 Å². The molecule has 0 unspecified atom stereocenters. The monoisotopic (exact) mass is 524 g/mol. The van der Waals surface area contributed by atoms with E-state index in [1.165, 1.54) is 18.2 Å². The van der Waals surface area contributed by atoms with Crippen LogP contribution in [0.15, 0.2) is 60.0 Å².